The Morgan fingerprint density at radius 3 is 2.84 bits per heavy atom. The van der Waals surface area contributed by atoms with E-state index < -0.39 is 0 Å². The SMILES string of the molecule is Cc1cccc2nc(C3CCCCC3CN)n(C)c12. The van der Waals surface area contributed by atoms with Gasteiger partial charge in [0, 0.05) is 13.0 Å². The second-order valence-electron chi connectivity index (χ2n) is 5.86. The van der Waals surface area contributed by atoms with E-state index in [1.165, 1.54) is 42.6 Å². The molecule has 0 aliphatic heterocycles. The monoisotopic (exact) mass is 257 g/mol. The first-order valence-electron chi connectivity index (χ1n) is 7.34. The highest BCUT2D eigenvalue weighted by Crippen LogP contribution is 2.37. The number of hydrogen-bond acceptors (Lipinski definition) is 2. The Morgan fingerprint density at radius 2 is 2.11 bits per heavy atom. The topological polar surface area (TPSA) is 43.8 Å². The standard InChI is InChI=1S/C16H23N3/c1-11-6-5-9-14-15(11)19(2)16(18-14)13-8-4-3-7-12(13)10-17/h5-6,9,12-13H,3-4,7-8,10,17H2,1-2H3. The summed E-state index contributed by atoms with van der Waals surface area (Å²) in [6.07, 6.45) is 5.12. The molecule has 0 saturated heterocycles. The highest BCUT2D eigenvalue weighted by atomic mass is 15.1. The van der Waals surface area contributed by atoms with Crippen molar-refractivity contribution in [3.63, 3.8) is 0 Å². The molecule has 2 N–H and O–H groups in total. The van der Waals surface area contributed by atoms with Gasteiger partial charge in [-0.2, -0.15) is 0 Å². The molecule has 1 fully saturated rings. The summed E-state index contributed by atoms with van der Waals surface area (Å²) < 4.78 is 2.29. The summed E-state index contributed by atoms with van der Waals surface area (Å²) in [7, 11) is 2.15. The second-order valence-corrected chi connectivity index (χ2v) is 5.86. The van der Waals surface area contributed by atoms with Gasteiger partial charge in [0.2, 0.25) is 0 Å². The van der Waals surface area contributed by atoms with Gasteiger partial charge in [0.1, 0.15) is 5.82 Å². The van der Waals surface area contributed by atoms with Crippen LogP contribution in [-0.4, -0.2) is 16.1 Å². The maximum absolute atomic E-state index is 5.97. The Kier molecular flexibility index (Phi) is 3.31. The Balaban J connectivity index is 2.09. The van der Waals surface area contributed by atoms with Gasteiger partial charge in [-0.25, -0.2) is 4.98 Å². The number of aromatic nitrogens is 2. The third-order valence-electron chi connectivity index (χ3n) is 4.67. The van der Waals surface area contributed by atoms with Crippen LogP contribution in [0.4, 0.5) is 0 Å². The zero-order valence-electron chi connectivity index (χ0n) is 11.9. The molecule has 1 heterocycles. The zero-order chi connectivity index (χ0) is 13.4. The Bertz CT molecular complexity index is 585. The predicted molar refractivity (Wildman–Crippen MR) is 79.2 cm³/mol. The smallest absolute Gasteiger partial charge is 0.113 e. The molecule has 0 amide bonds. The van der Waals surface area contributed by atoms with Gasteiger partial charge >= 0.3 is 0 Å². The maximum atomic E-state index is 5.97. The van der Waals surface area contributed by atoms with Gasteiger partial charge in [0.05, 0.1) is 11.0 Å². The van der Waals surface area contributed by atoms with E-state index in [1.807, 2.05) is 0 Å². The maximum Gasteiger partial charge on any atom is 0.113 e. The fourth-order valence-corrected chi connectivity index (χ4v) is 3.64. The zero-order valence-corrected chi connectivity index (χ0v) is 11.9. The lowest BCUT2D eigenvalue weighted by atomic mass is 9.79. The van der Waals surface area contributed by atoms with Crippen molar-refractivity contribution < 1.29 is 0 Å². The van der Waals surface area contributed by atoms with Crippen LogP contribution in [-0.2, 0) is 7.05 Å². The summed E-state index contributed by atoms with van der Waals surface area (Å²) in [5.41, 5.74) is 9.67. The lowest BCUT2D eigenvalue weighted by Gasteiger charge is -2.30. The van der Waals surface area contributed by atoms with Crippen LogP contribution in [0.1, 0.15) is 43.0 Å². The van der Waals surface area contributed by atoms with E-state index in [4.69, 9.17) is 10.7 Å². The van der Waals surface area contributed by atoms with Crippen LogP contribution in [0.25, 0.3) is 11.0 Å². The summed E-state index contributed by atoms with van der Waals surface area (Å²) in [5, 5.41) is 0. The molecule has 3 rings (SSSR count). The van der Waals surface area contributed by atoms with Crippen molar-refractivity contribution in [3.8, 4) is 0 Å². The number of nitrogens with zero attached hydrogens (tertiary/aromatic N) is 2. The molecule has 1 aliphatic rings. The average molecular weight is 257 g/mol. The van der Waals surface area contributed by atoms with Gasteiger partial charge in [-0.15, -0.1) is 0 Å². The van der Waals surface area contributed by atoms with E-state index >= 15 is 0 Å². The van der Waals surface area contributed by atoms with Crippen LogP contribution in [0.3, 0.4) is 0 Å². The van der Waals surface area contributed by atoms with E-state index in [9.17, 15) is 0 Å². The Morgan fingerprint density at radius 1 is 1.32 bits per heavy atom. The molecule has 0 radical (unpaired) electrons. The van der Waals surface area contributed by atoms with Crippen LogP contribution < -0.4 is 5.73 Å². The minimum absolute atomic E-state index is 0.538. The second kappa shape index (κ2) is 4.97. The van der Waals surface area contributed by atoms with Crippen molar-refractivity contribution in [2.24, 2.45) is 18.7 Å². The van der Waals surface area contributed by atoms with Crippen molar-refractivity contribution in [3.05, 3.63) is 29.6 Å². The van der Waals surface area contributed by atoms with Crippen LogP contribution in [0.2, 0.25) is 0 Å². The Hall–Kier alpha value is -1.35. The van der Waals surface area contributed by atoms with Gasteiger partial charge in [0.25, 0.3) is 0 Å². The molecule has 0 spiro atoms. The number of nitrogens with two attached hydrogens (primary N) is 1. The average Bonchev–Trinajstić information content (AvgIpc) is 2.77. The number of fused-ring (bicyclic) bond motifs is 1. The molecular weight excluding hydrogens is 234 g/mol. The van der Waals surface area contributed by atoms with Gasteiger partial charge in [-0.3, -0.25) is 0 Å². The number of hydrogen-bond donors (Lipinski definition) is 1. The van der Waals surface area contributed by atoms with Crippen LogP contribution >= 0.6 is 0 Å². The summed E-state index contributed by atoms with van der Waals surface area (Å²) in [6, 6.07) is 6.37. The molecule has 2 unspecified atom stereocenters. The fourth-order valence-electron chi connectivity index (χ4n) is 3.64. The number of aryl methyl sites for hydroxylation is 2. The number of para-hydroxylation sites is 1. The minimum atomic E-state index is 0.538. The molecule has 3 heteroatoms. The van der Waals surface area contributed by atoms with E-state index in [1.54, 1.807) is 0 Å². The van der Waals surface area contributed by atoms with Gasteiger partial charge in [-0.05, 0) is 43.9 Å². The molecule has 1 aromatic heterocycles. The van der Waals surface area contributed by atoms with Crippen molar-refractivity contribution in [2.45, 2.75) is 38.5 Å². The van der Waals surface area contributed by atoms with E-state index in [0.717, 1.165) is 12.1 Å². The van der Waals surface area contributed by atoms with Gasteiger partial charge in [-0.1, -0.05) is 25.0 Å². The first-order chi connectivity index (χ1) is 9.22. The van der Waals surface area contributed by atoms with Crippen LogP contribution in [0.15, 0.2) is 18.2 Å². The van der Waals surface area contributed by atoms with Crippen molar-refractivity contribution in [2.75, 3.05) is 6.54 Å². The van der Waals surface area contributed by atoms with Crippen LogP contribution in [0, 0.1) is 12.8 Å². The summed E-state index contributed by atoms with van der Waals surface area (Å²) in [5.74, 6) is 2.37. The van der Waals surface area contributed by atoms with Gasteiger partial charge in [0.15, 0.2) is 0 Å². The molecule has 19 heavy (non-hydrogen) atoms. The molecule has 1 aliphatic carbocycles. The molecule has 102 valence electrons. The van der Waals surface area contributed by atoms with E-state index in [2.05, 4.69) is 36.7 Å². The van der Waals surface area contributed by atoms with E-state index in [-0.39, 0.29) is 0 Å². The van der Waals surface area contributed by atoms with E-state index in [0.29, 0.717) is 11.8 Å². The molecule has 0 bridgehead atoms. The summed E-state index contributed by atoms with van der Waals surface area (Å²) in [4.78, 5) is 4.90. The molecule has 2 aromatic rings. The molecule has 3 nitrogen and oxygen atoms in total. The lowest BCUT2D eigenvalue weighted by Crippen LogP contribution is -2.27. The summed E-state index contributed by atoms with van der Waals surface area (Å²) >= 11 is 0. The minimum Gasteiger partial charge on any atom is -0.331 e. The number of benzene rings is 1. The number of imidazole rings is 1. The molecular formula is C16H23N3. The van der Waals surface area contributed by atoms with Crippen molar-refractivity contribution in [1.29, 1.82) is 0 Å². The third kappa shape index (κ3) is 2.06. The van der Waals surface area contributed by atoms with Crippen molar-refractivity contribution >= 4 is 11.0 Å². The first kappa shape index (κ1) is 12.7. The highest BCUT2D eigenvalue weighted by molar-refractivity contribution is 5.79. The molecule has 1 saturated carbocycles. The third-order valence-corrected chi connectivity index (χ3v) is 4.67. The van der Waals surface area contributed by atoms with Crippen molar-refractivity contribution in [1.82, 2.24) is 9.55 Å². The van der Waals surface area contributed by atoms with Gasteiger partial charge < -0.3 is 10.3 Å². The quantitative estimate of drug-likeness (QED) is 0.898. The highest BCUT2D eigenvalue weighted by Gasteiger charge is 2.29. The molecule has 2 atom stereocenters. The normalized spacial score (nSPS) is 23.9. The number of rotatable bonds is 2. The lowest BCUT2D eigenvalue weighted by molar-refractivity contribution is 0.301. The fraction of sp³-hybridized carbons (Fsp3) is 0.562. The molecule has 1 aromatic carbocycles. The predicted octanol–water partition coefficient (Wildman–Crippen LogP) is 3.11. The largest absolute Gasteiger partial charge is 0.331 e. The van der Waals surface area contributed by atoms with Crippen LogP contribution in [0.5, 0.6) is 0 Å². The first-order valence-corrected chi connectivity index (χ1v) is 7.34. The Labute approximate surface area is 114 Å². The summed E-state index contributed by atoms with van der Waals surface area (Å²) in [6.45, 7) is 2.95.